The van der Waals surface area contributed by atoms with Crippen molar-refractivity contribution < 1.29 is 4.79 Å². The molecule has 1 aliphatic rings. The first kappa shape index (κ1) is 18.9. The molecule has 1 saturated heterocycles. The minimum absolute atomic E-state index is 0.184. The van der Waals surface area contributed by atoms with Gasteiger partial charge in [0.05, 0.1) is 17.5 Å². The lowest BCUT2D eigenvalue weighted by molar-refractivity contribution is -0.129. The summed E-state index contributed by atoms with van der Waals surface area (Å²) in [6.45, 7) is 5.02. The van der Waals surface area contributed by atoms with E-state index in [9.17, 15) is 4.79 Å². The second-order valence-electron chi connectivity index (χ2n) is 7.45. The third-order valence-corrected chi connectivity index (χ3v) is 6.41. The van der Waals surface area contributed by atoms with Crippen LogP contribution in [0.1, 0.15) is 35.7 Å². The third kappa shape index (κ3) is 3.61. The van der Waals surface area contributed by atoms with E-state index in [4.69, 9.17) is 0 Å². The number of imidazole rings is 1. The number of aromatic nitrogens is 3. The van der Waals surface area contributed by atoms with Crippen LogP contribution in [0, 0.1) is 13.8 Å². The summed E-state index contributed by atoms with van der Waals surface area (Å²) in [6.07, 6.45) is 7.91. The number of thioether (sulfide) groups is 1. The number of nitrogens with zero attached hydrogens (tertiary/aromatic N) is 4. The lowest BCUT2D eigenvalue weighted by Crippen LogP contribution is -2.32. The SMILES string of the molecule is Cc1ccc(C)c(-n2ccnc2SCC(=O)N2CCCC2c2cccn2C)c1. The highest BCUT2D eigenvalue weighted by Crippen LogP contribution is 2.33. The van der Waals surface area contributed by atoms with Gasteiger partial charge >= 0.3 is 0 Å². The molecule has 6 heteroatoms. The molecule has 3 heterocycles. The van der Waals surface area contributed by atoms with Crippen molar-refractivity contribution in [3.05, 3.63) is 65.7 Å². The summed E-state index contributed by atoms with van der Waals surface area (Å²) in [5, 5.41) is 0.858. The molecule has 1 aliphatic heterocycles. The van der Waals surface area contributed by atoms with Crippen LogP contribution < -0.4 is 0 Å². The molecule has 0 radical (unpaired) electrons. The molecule has 2 aromatic heterocycles. The quantitative estimate of drug-likeness (QED) is 0.607. The molecule has 3 aromatic rings. The summed E-state index contributed by atoms with van der Waals surface area (Å²) in [6, 6.07) is 10.8. The molecular formula is C22H26N4OS. The summed E-state index contributed by atoms with van der Waals surface area (Å²) in [5.41, 5.74) is 4.74. The van der Waals surface area contributed by atoms with Gasteiger partial charge in [0.25, 0.3) is 0 Å². The number of carbonyl (C=O) groups is 1. The van der Waals surface area contributed by atoms with E-state index in [1.807, 2.05) is 30.4 Å². The number of amides is 1. The minimum Gasteiger partial charge on any atom is -0.353 e. The van der Waals surface area contributed by atoms with E-state index in [1.54, 1.807) is 6.20 Å². The minimum atomic E-state index is 0.184. The van der Waals surface area contributed by atoms with Crippen molar-refractivity contribution in [3.8, 4) is 5.69 Å². The van der Waals surface area contributed by atoms with Gasteiger partial charge in [0, 0.05) is 37.9 Å². The van der Waals surface area contributed by atoms with Gasteiger partial charge in [0.1, 0.15) is 0 Å². The molecule has 0 spiro atoms. The van der Waals surface area contributed by atoms with E-state index in [-0.39, 0.29) is 11.9 Å². The summed E-state index contributed by atoms with van der Waals surface area (Å²) >= 11 is 1.52. The van der Waals surface area contributed by atoms with Gasteiger partial charge in [-0.25, -0.2) is 4.98 Å². The molecule has 1 atom stereocenters. The summed E-state index contributed by atoms with van der Waals surface area (Å²) < 4.78 is 4.20. The van der Waals surface area contributed by atoms with Gasteiger partial charge in [-0.05, 0) is 56.0 Å². The fraction of sp³-hybridized carbons (Fsp3) is 0.364. The fourth-order valence-corrected chi connectivity index (χ4v) is 4.81. The van der Waals surface area contributed by atoms with Gasteiger partial charge in [0.2, 0.25) is 5.91 Å². The second-order valence-corrected chi connectivity index (χ2v) is 8.39. The molecule has 1 amide bonds. The third-order valence-electron chi connectivity index (χ3n) is 5.45. The van der Waals surface area contributed by atoms with Crippen LogP contribution in [0.5, 0.6) is 0 Å². The normalized spacial score (nSPS) is 16.7. The number of aryl methyl sites for hydroxylation is 3. The average molecular weight is 395 g/mol. The van der Waals surface area contributed by atoms with Crippen molar-refractivity contribution in [2.24, 2.45) is 7.05 Å². The molecule has 1 aromatic carbocycles. The van der Waals surface area contributed by atoms with Crippen molar-refractivity contribution in [3.63, 3.8) is 0 Å². The molecule has 1 unspecified atom stereocenters. The summed E-state index contributed by atoms with van der Waals surface area (Å²) in [5.74, 6) is 0.590. The van der Waals surface area contributed by atoms with Gasteiger partial charge in [0.15, 0.2) is 5.16 Å². The topological polar surface area (TPSA) is 43.1 Å². The number of hydrogen-bond donors (Lipinski definition) is 0. The Balaban J connectivity index is 1.48. The van der Waals surface area contributed by atoms with Crippen molar-refractivity contribution in [1.82, 2.24) is 19.0 Å². The molecule has 0 saturated carbocycles. The Labute approximate surface area is 170 Å². The Bertz CT molecular complexity index is 990. The molecule has 5 nitrogen and oxygen atoms in total. The highest BCUT2D eigenvalue weighted by molar-refractivity contribution is 7.99. The number of rotatable bonds is 5. The lowest BCUT2D eigenvalue weighted by Gasteiger charge is -2.25. The van der Waals surface area contributed by atoms with Crippen LogP contribution in [0.2, 0.25) is 0 Å². The predicted octanol–water partition coefficient (Wildman–Crippen LogP) is 4.28. The maximum absolute atomic E-state index is 13.0. The molecule has 28 heavy (non-hydrogen) atoms. The zero-order valence-electron chi connectivity index (χ0n) is 16.6. The van der Waals surface area contributed by atoms with Gasteiger partial charge in [-0.3, -0.25) is 9.36 Å². The molecule has 4 rings (SSSR count). The van der Waals surface area contributed by atoms with Crippen LogP contribution in [0.15, 0.2) is 54.1 Å². The predicted molar refractivity (Wildman–Crippen MR) is 113 cm³/mol. The Morgan fingerprint density at radius 2 is 2.11 bits per heavy atom. The van der Waals surface area contributed by atoms with Crippen molar-refractivity contribution >= 4 is 17.7 Å². The van der Waals surface area contributed by atoms with E-state index in [2.05, 4.69) is 52.2 Å². The smallest absolute Gasteiger partial charge is 0.233 e. The number of likely N-dealkylation sites (tertiary alicyclic amines) is 1. The number of benzene rings is 1. The zero-order chi connectivity index (χ0) is 19.7. The van der Waals surface area contributed by atoms with Crippen LogP contribution in [0.4, 0.5) is 0 Å². The first-order chi connectivity index (χ1) is 13.5. The van der Waals surface area contributed by atoms with E-state index < -0.39 is 0 Å². The maximum Gasteiger partial charge on any atom is 0.233 e. The number of carbonyl (C=O) groups excluding carboxylic acids is 1. The van der Waals surface area contributed by atoms with Crippen molar-refractivity contribution in [1.29, 1.82) is 0 Å². The molecule has 0 bridgehead atoms. The van der Waals surface area contributed by atoms with Crippen molar-refractivity contribution in [2.45, 2.75) is 37.9 Å². The summed E-state index contributed by atoms with van der Waals surface area (Å²) in [4.78, 5) is 19.5. The molecule has 0 aliphatic carbocycles. The highest BCUT2D eigenvalue weighted by atomic mass is 32.2. The van der Waals surface area contributed by atoms with Crippen LogP contribution in [-0.4, -0.2) is 37.2 Å². The average Bonchev–Trinajstić information content (AvgIpc) is 3.41. The monoisotopic (exact) mass is 394 g/mol. The van der Waals surface area contributed by atoms with Gasteiger partial charge < -0.3 is 9.47 Å². The zero-order valence-corrected chi connectivity index (χ0v) is 17.4. The Hall–Kier alpha value is -2.47. The van der Waals surface area contributed by atoms with Gasteiger partial charge in [-0.2, -0.15) is 0 Å². The molecule has 1 fully saturated rings. The van der Waals surface area contributed by atoms with E-state index in [0.29, 0.717) is 5.75 Å². The first-order valence-electron chi connectivity index (χ1n) is 9.69. The van der Waals surface area contributed by atoms with Gasteiger partial charge in [-0.15, -0.1) is 0 Å². The fourth-order valence-electron chi connectivity index (χ4n) is 3.96. The van der Waals surface area contributed by atoms with Crippen LogP contribution in [0.25, 0.3) is 5.69 Å². The molecule has 0 N–H and O–H groups in total. The molecule has 146 valence electrons. The summed E-state index contributed by atoms with van der Waals surface area (Å²) in [7, 11) is 2.05. The second kappa shape index (κ2) is 7.87. The van der Waals surface area contributed by atoms with Crippen molar-refractivity contribution in [2.75, 3.05) is 12.3 Å². The Morgan fingerprint density at radius 3 is 2.89 bits per heavy atom. The van der Waals surface area contributed by atoms with Gasteiger partial charge in [-0.1, -0.05) is 23.9 Å². The van der Waals surface area contributed by atoms with Crippen LogP contribution in [-0.2, 0) is 11.8 Å². The van der Waals surface area contributed by atoms with Crippen LogP contribution >= 0.6 is 11.8 Å². The van der Waals surface area contributed by atoms with E-state index in [0.717, 1.165) is 30.2 Å². The van der Waals surface area contributed by atoms with Crippen LogP contribution in [0.3, 0.4) is 0 Å². The largest absolute Gasteiger partial charge is 0.353 e. The highest BCUT2D eigenvalue weighted by Gasteiger charge is 2.31. The number of hydrogen-bond acceptors (Lipinski definition) is 3. The Morgan fingerprint density at radius 1 is 1.25 bits per heavy atom. The Kier molecular flexibility index (Phi) is 5.31. The lowest BCUT2D eigenvalue weighted by atomic mass is 10.1. The maximum atomic E-state index is 13.0. The standard InChI is InChI=1S/C22H26N4OS/c1-16-8-9-17(2)20(14-16)26-13-10-23-22(26)28-15-21(27)25-12-5-7-19(25)18-6-4-11-24(18)3/h4,6,8-11,13-14,19H,5,7,12,15H2,1-3H3. The molecular weight excluding hydrogens is 368 g/mol. The first-order valence-corrected chi connectivity index (χ1v) is 10.7. The van der Waals surface area contributed by atoms with E-state index >= 15 is 0 Å². The van der Waals surface area contributed by atoms with E-state index in [1.165, 1.54) is 28.6 Å².